The molecule has 1 fully saturated rings. The van der Waals surface area contributed by atoms with Crippen LogP contribution in [0.4, 0.5) is 17.3 Å². The third-order valence-corrected chi connectivity index (χ3v) is 3.20. The maximum absolute atomic E-state index is 11.8. The van der Waals surface area contributed by atoms with Gasteiger partial charge in [-0.15, -0.1) is 0 Å². The highest BCUT2D eigenvalue weighted by Gasteiger charge is 2.36. The Bertz CT molecular complexity index is 536. The highest BCUT2D eigenvalue weighted by molar-refractivity contribution is 5.86. The highest BCUT2D eigenvalue weighted by atomic mass is 16.6. The van der Waals surface area contributed by atoms with Gasteiger partial charge in [0.1, 0.15) is 12.4 Å². The predicted molar refractivity (Wildman–Crippen MR) is 70.9 cm³/mol. The standard InChI is InChI=1S/C10H15N7O3/c1-12-10(18)6-3-2-4-16(6)9-7(17(19)20)8(15-11)13-5-14-9/h5-6H,2-4,11H2,1H3,(H,12,18)(H,13,14,15). The molecule has 10 nitrogen and oxygen atoms in total. The molecule has 1 aromatic rings. The van der Waals surface area contributed by atoms with E-state index in [-0.39, 0.29) is 23.2 Å². The minimum Gasteiger partial charge on any atom is -0.357 e. The number of carbonyl (C=O) groups is 1. The first-order chi connectivity index (χ1) is 9.60. The Balaban J connectivity index is 2.46. The largest absolute Gasteiger partial charge is 0.357 e. The van der Waals surface area contributed by atoms with Gasteiger partial charge in [-0.05, 0) is 12.8 Å². The quantitative estimate of drug-likeness (QED) is 0.377. The van der Waals surface area contributed by atoms with Gasteiger partial charge in [-0.2, -0.15) is 0 Å². The van der Waals surface area contributed by atoms with Crippen molar-refractivity contribution >= 4 is 23.2 Å². The van der Waals surface area contributed by atoms with Gasteiger partial charge in [0, 0.05) is 13.6 Å². The van der Waals surface area contributed by atoms with Gasteiger partial charge in [0.25, 0.3) is 0 Å². The summed E-state index contributed by atoms with van der Waals surface area (Å²) in [6.07, 6.45) is 2.55. The number of aromatic nitrogens is 2. The molecular weight excluding hydrogens is 266 g/mol. The van der Waals surface area contributed by atoms with Crippen LogP contribution in [-0.2, 0) is 4.79 Å². The Morgan fingerprint density at radius 1 is 1.60 bits per heavy atom. The van der Waals surface area contributed by atoms with Crippen LogP contribution in [-0.4, -0.2) is 40.4 Å². The Labute approximate surface area is 114 Å². The number of nitrogens with zero attached hydrogens (tertiary/aromatic N) is 4. The van der Waals surface area contributed by atoms with E-state index >= 15 is 0 Å². The number of rotatable bonds is 4. The van der Waals surface area contributed by atoms with E-state index in [9.17, 15) is 14.9 Å². The summed E-state index contributed by atoms with van der Waals surface area (Å²) >= 11 is 0. The number of carbonyl (C=O) groups excluding carboxylic acids is 1. The van der Waals surface area contributed by atoms with Crippen LogP contribution >= 0.6 is 0 Å². The van der Waals surface area contributed by atoms with Gasteiger partial charge in [-0.1, -0.05) is 0 Å². The molecule has 1 atom stereocenters. The van der Waals surface area contributed by atoms with Crippen LogP contribution in [0, 0.1) is 10.1 Å². The number of hydrogen-bond acceptors (Lipinski definition) is 8. The van der Waals surface area contributed by atoms with Crippen molar-refractivity contribution < 1.29 is 9.72 Å². The summed E-state index contributed by atoms with van der Waals surface area (Å²) < 4.78 is 0. The highest BCUT2D eigenvalue weighted by Crippen LogP contribution is 2.35. The summed E-state index contributed by atoms with van der Waals surface area (Å²) in [5, 5.41) is 13.8. The lowest BCUT2D eigenvalue weighted by Crippen LogP contribution is -2.42. The minimum atomic E-state index is -0.607. The summed E-state index contributed by atoms with van der Waals surface area (Å²) in [7, 11) is 1.53. The number of hydrogen-bond donors (Lipinski definition) is 3. The van der Waals surface area contributed by atoms with Crippen molar-refractivity contribution in [3.05, 3.63) is 16.4 Å². The number of nitro groups is 1. The lowest BCUT2D eigenvalue weighted by atomic mass is 10.2. The molecule has 108 valence electrons. The molecule has 1 aliphatic heterocycles. The molecule has 1 saturated heterocycles. The number of amides is 1. The van der Waals surface area contributed by atoms with Crippen molar-refractivity contribution in [3.8, 4) is 0 Å². The second-order valence-corrected chi connectivity index (χ2v) is 4.26. The molecular formula is C10H15N7O3. The fourth-order valence-corrected chi connectivity index (χ4v) is 2.31. The first-order valence-corrected chi connectivity index (χ1v) is 6.04. The molecule has 1 aromatic heterocycles. The molecule has 0 saturated carbocycles. The van der Waals surface area contributed by atoms with E-state index in [1.165, 1.54) is 13.4 Å². The number of nitrogen functional groups attached to an aromatic ring is 1. The lowest BCUT2D eigenvalue weighted by Gasteiger charge is -2.24. The van der Waals surface area contributed by atoms with Gasteiger partial charge in [0.05, 0.1) is 4.92 Å². The topological polar surface area (TPSA) is 139 Å². The maximum Gasteiger partial charge on any atom is 0.354 e. The zero-order chi connectivity index (χ0) is 14.7. The van der Waals surface area contributed by atoms with Gasteiger partial charge >= 0.3 is 5.69 Å². The van der Waals surface area contributed by atoms with Crippen molar-refractivity contribution in [2.45, 2.75) is 18.9 Å². The van der Waals surface area contributed by atoms with Crippen LogP contribution in [0.2, 0.25) is 0 Å². The van der Waals surface area contributed by atoms with Gasteiger partial charge < -0.3 is 15.6 Å². The molecule has 0 radical (unpaired) electrons. The smallest absolute Gasteiger partial charge is 0.354 e. The molecule has 1 aliphatic rings. The van der Waals surface area contributed by atoms with Gasteiger partial charge in [-0.25, -0.2) is 15.8 Å². The van der Waals surface area contributed by atoms with E-state index in [0.717, 1.165) is 6.42 Å². The van der Waals surface area contributed by atoms with Crippen LogP contribution in [0.3, 0.4) is 0 Å². The molecule has 0 aromatic carbocycles. The van der Waals surface area contributed by atoms with Crippen molar-refractivity contribution in [1.82, 2.24) is 15.3 Å². The normalized spacial score (nSPS) is 17.9. The van der Waals surface area contributed by atoms with E-state index in [2.05, 4.69) is 20.7 Å². The minimum absolute atomic E-state index is 0.0810. The van der Waals surface area contributed by atoms with E-state index in [1.807, 2.05) is 0 Å². The van der Waals surface area contributed by atoms with Gasteiger partial charge in [0.15, 0.2) is 0 Å². The molecule has 2 rings (SSSR count). The molecule has 0 aliphatic carbocycles. The molecule has 4 N–H and O–H groups in total. The third-order valence-electron chi connectivity index (χ3n) is 3.20. The summed E-state index contributed by atoms with van der Waals surface area (Å²) in [4.78, 5) is 31.7. The molecule has 0 bridgehead atoms. The molecule has 2 heterocycles. The first kappa shape index (κ1) is 13.9. The Morgan fingerprint density at radius 3 is 2.95 bits per heavy atom. The first-order valence-electron chi connectivity index (χ1n) is 6.04. The van der Waals surface area contributed by atoms with Gasteiger partial charge in [0.2, 0.25) is 17.5 Å². The number of nitrogens with one attached hydrogen (secondary N) is 2. The maximum atomic E-state index is 11.8. The number of nitrogens with two attached hydrogens (primary N) is 1. The number of hydrazine groups is 1. The fraction of sp³-hybridized carbons (Fsp3) is 0.500. The molecule has 1 amide bonds. The van der Waals surface area contributed by atoms with Crippen LogP contribution in [0.5, 0.6) is 0 Å². The van der Waals surface area contributed by atoms with E-state index in [1.54, 1.807) is 4.90 Å². The summed E-state index contributed by atoms with van der Waals surface area (Å²) in [5.74, 6) is 5.06. The third kappa shape index (κ3) is 2.32. The van der Waals surface area contributed by atoms with Crippen LogP contribution in [0.1, 0.15) is 12.8 Å². The average Bonchev–Trinajstić information content (AvgIpc) is 2.94. The monoisotopic (exact) mass is 281 g/mol. The van der Waals surface area contributed by atoms with Crippen LogP contribution < -0.4 is 21.5 Å². The lowest BCUT2D eigenvalue weighted by molar-refractivity contribution is -0.383. The van der Waals surface area contributed by atoms with Gasteiger partial charge in [-0.3, -0.25) is 14.9 Å². The number of likely N-dealkylation sites (N-methyl/N-ethyl adjacent to an activating group) is 1. The molecule has 0 spiro atoms. The van der Waals surface area contributed by atoms with E-state index in [0.29, 0.717) is 13.0 Å². The van der Waals surface area contributed by atoms with Crippen molar-refractivity contribution in [2.24, 2.45) is 5.84 Å². The van der Waals surface area contributed by atoms with E-state index < -0.39 is 11.0 Å². The summed E-state index contributed by atoms with van der Waals surface area (Å²) in [6.45, 7) is 0.514. The van der Waals surface area contributed by atoms with Crippen molar-refractivity contribution in [3.63, 3.8) is 0 Å². The molecule has 1 unspecified atom stereocenters. The summed E-state index contributed by atoms with van der Waals surface area (Å²) in [5.41, 5.74) is 1.85. The zero-order valence-corrected chi connectivity index (χ0v) is 10.9. The van der Waals surface area contributed by atoms with E-state index in [4.69, 9.17) is 5.84 Å². The average molecular weight is 281 g/mol. The predicted octanol–water partition coefficient (Wildman–Crippen LogP) is -0.615. The molecule has 20 heavy (non-hydrogen) atoms. The van der Waals surface area contributed by atoms with Crippen molar-refractivity contribution in [2.75, 3.05) is 23.9 Å². The fourth-order valence-electron chi connectivity index (χ4n) is 2.31. The zero-order valence-electron chi connectivity index (χ0n) is 10.9. The Morgan fingerprint density at radius 2 is 2.35 bits per heavy atom. The SMILES string of the molecule is CNC(=O)C1CCCN1c1ncnc(NN)c1[N+](=O)[O-]. The molecule has 10 heteroatoms. The second-order valence-electron chi connectivity index (χ2n) is 4.26. The second kappa shape index (κ2) is 5.65. The van der Waals surface area contributed by atoms with Crippen LogP contribution in [0.15, 0.2) is 6.33 Å². The van der Waals surface area contributed by atoms with Crippen LogP contribution in [0.25, 0.3) is 0 Å². The van der Waals surface area contributed by atoms with Crippen molar-refractivity contribution in [1.29, 1.82) is 0 Å². The number of anilines is 2. The Kier molecular flexibility index (Phi) is 3.94. The Hall–Kier alpha value is -2.49. The summed E-state index contributed by atoms with van der Waals surface area (Å²) in [6, 6.07) is -0.473.